The van der Waals surface area contributed by atoms with Crippen molar-refractivity contribution in [2.45, 2.75) is 16.9 Å². The molecule has 0 aliphatic carbocycles. The van der Waals surface area contributed by atoms with E-state index in [-0.39, 0.29) is 5.69 Å². The number of nitrogens with one attached hydrogen (secondary N) is 1. The zero-order chi connectivity index (χ0) is 12.5. The molecule has 0 radical (unpaired) electrons. The molecule has 94 valence electrons. The van der Waals surface area contributed by atoms with Crippen LogP contribution in [0.1, 0.15) is 6.42 Å². The van der Waals surface area contributed by atoms with Gasteiger partial charge in [-0.15, -0.1) is 0 Å². The Labute approximate surface area is 107 Å². The van der Waals surface area contributed by atoms with Gasteiger partial charge in [0, 0.05) is 23.9 Å². The summed E-state index contributed by atoms with van der Waals surface area (Å²) >= 11 is 1.58. The number of thioether (sulfide) groups is 1. The third-order valence-corrected chi connectivity index (χ3v) is 3.96. The van der Waals surface area contributed by atoms with Crippen molar-refractivity contribution in [1.29, 1.82) is 0 Å². The van der Waals surface area contributed by atoms with Crippen LogP contribution in [-0.4, -0.2) is 28.2 Å². The zero-order valence-corrected chi connectivity index (χ0v) is 10.3. The molecule has 0 bridgehead atoms. The van der Waals surface area contributed by atoms with Crippen LogP contribution >= 0.6 is 11.8 Å². The van der Waals surface area contributed by atoms with E-state index in [0.717, 1.165) is 19.5 Å². The number of non-ortho nitro benzene ring substituents is 1. The van der Waals surface area contributed by atoms with Gasteiger partial charge >= 0.3 is 0 Å². The van der Waals surface area contributed by atoms with Crippen LogP contribution in [-0.2, 0) is 0 Å². The molecule has 1 N–H and O–H groups in total. The average Bonchev–Trinajstić information content (AvgIpc) is 2.96. The molecule has 7 heteroatoms. The summed E-state index contributed by atoms with van der Waals surface area (Å²) in [6.07, 6.45) is 1.09. The van der Waals surface area contributed by atoms with Crippen molar-refractivity contribution in [3.63, 3.8) is 0 Å². The molecule has 3 rings (SSSR count). The second kappa shape index (κ2) is 4.58. The molecule has 1 aromatic carbocycles. The minimum absolute atomic E-state index is 0.0369. The summed E-state index contributed by atoms with van der Waals surface area (Å²) in [5.41, 5.74) is 1.17. The van der Waals surface area contributed by atoms with Gasteiger partial charge in [-0.1, -0.05) is 11.8 Å². The predicted molar refractivity (Wildman–Crippen MR) is 67.8 cm³/mol. The van der Waals surface area contributed by atoms with Crippen LogP contribution in [0.2, 0.25) is 0 Å². The minimum Gasteiger partial charge on any atom is -0.431 e. The van der Waals surface area contributed by atoms with E-state index in [1.54, 1.807) is 17.8 Å². The van der Waals surface area contributed by atoms with E-state index in [1.807, 2.05) is 0 Å². The molecule has 1 saturated heterocycles. The van der Waals surface area contributed by atoms with E-state index < -0.39 is 4.92 Å². The Morgan fingerprint density at radius 3 is 3.17 bits per heavy atom. The molecule has 1 aromatic heterocycles. The number of hydrogen-bond acceptors (Lipinski definition) is 6. The van der Waals surface area contributed by atoms with E-state index in [9.17, 15) is 10.1 Å². The maximum Gasteiger partial charge on any atom is 0.271 e. The summed E-state index contributed by atoms with van der Waals surface area (Å²) in [4.78, 5) is 14.5. The van der Waals surface area contributed by atoms with Gasteiger partial charge in [0.25, 0.3) is 10.9 Å². The van der Waals surface area contributed by atoms with Gasteiger partial charge in [-0.3, -0.25) is 10.1 Å². The Bertz CT molecular complexity index is 592. The highest BCUT2D eigenvalue weighted by Gasteiger charge is 2.19. The van der Waals surface area contributed by atoms with Crippen LogP contribution in [0.15, 0.2) is 27.8 Å². The number of nitro benzene ring substituents is 1. The molecule has 6 nitrogen and oxygen atoms in total. The largest absolute Gasteiger partial charge is 0.431 e. The first-order valence-corrected chi connectivity index (χ1v) is 6.53. The molecule has 18 heavy (non-hydrogen) atoms. The first-order valence-electron chi connectivity index (χ1n) is 5.65. The summed E-state index contributed by atoms with van der Waals surface area (Å²) in [5.74, 6) is 0. The van der Waals surface area contributed by atoms with Crippen LogP contribution in [0.4, 0.5) is 5.69 Å². The molecular formula is C11H11N3O3S. The predicted octanol–water partition coefficient (Wildman–Crippen LogP) is 2.19. The molecule has 1 aliphatic heterocycles. The van der Waals surface area contributed by atoms with Gasteiger partial charge in [-0.2, -0.15) is 0 Å². The fraction of sp³-hybridized carbons (Fsp3) is 0.364. The summed E-state index contributed by atoms with van der Waals surface area (Å²) < 4.78 is 5.57. The van der Waals surface area contributed by atoms with Crippen LogP contribution in [0, 0.1) is 10.1 Å². The summed E-state index contributed by atoms with van der Waals surface area (Å²) in [6.45, 7) is 1.97. The molecule has 0 amide bonds. The SMILES string of the molecule is O=[N+]([O-])c1ccc2oc(S[C@@H]3CCNC3)nc2c1. The number of oxazole rings is 1. The first-order chi connectivity index (χ1) is 8.72. The monoisotopic (exact) mass is 265 g/mol. The second-order valence-electron chi connectivity index (χ2n) is 4.12. The lowest BCUT2D eigenvalue weighted by molar-refractivity contribution is -0.384. The Kier molecular flexibility index (Phi) is 2.92. The molecule has 2 aromatic rings. The van der Waals surface area contributed by atoms with Gasteiger partial charge in [0.2, 0.25) is 0 Å². The number of rotatable bonds is 3. The highest BCUT2D eigenvalue weighted by Crippen LogP contribution is 2.30. The first kappa shape index (κ1) is 11.5. The van der Waals surface area contributed by atoms with Crippen molar-refractivity contribution in [3.8, 4) is 0 Å². The van der Waals surface area contributed by atoms with Crippen LogP contribution < -0.4 is 5.32 Å². The highest BCUT2D eigenvalue weighted by molar-refractivity contribution is 7.99. The molecule has 2 heterocycles. The van der Waals surface area contributed by atoms with Gasteiger partial charge in [0.15, 0.2) is 5.58 Å². The number of aromatic nitrogens is 1. The molecule has 1 aliphatic rings. The summed E-state index contributed by atoms with van der Waals surface area (Å²) in [6, 6.07) is 4.46. The van der Waals surface area contributed by atoms with Crippen LogP contribution in [0.25, 0.3) is 11.1 Å². The van der Waals surface area contributed by atoms with Gasteiger partial charge < -0.3 is 9.73 Å². The van der Waals surface area contributed by atoms with E-state index >= 15 is 0 Å². The normalized spacial score (nSPS) is 19.4. The summed E-state index contributed by atoms with van der Waals surface area (Å²) in [7, 11) is 0. The Balaban J connectivity index is 1.87. The second-order valence-corrected chi connectivity index (χ2v) is 5.37. The van der Waals surface area contributed by atoms with Crippen molar-refractivity contribution in [3.05, 3.63) is 28.3 Å². The quantitative estimate of drug-likeness (QED) is 0.676. The maximum atomic E-state index is 10.7. The smallest absolute Gasteiger partial charge is 0.271 e. The van der Waals surface area contributed by atoms with Crippen LogP contribution in [0.5, 0.6) is 0 Å². The summed E-state index contributed by atoms with van der Waals surface area (Å²) in [5, 5.41) is 15.0. The Morgan fingerprint density at radius 1 is 1.56 bits per heavy atom. The van der Waals surface area contributed by atoms with Gasteiger partial charge in [0.05, 0.1) is 4.92 Å². The number of fused-ring (bicyclic) bond motifs is 1. The van der Waals surface area contributed by atoms with Crippen molar-refractivity contribution in [2.75, 3.05) is 13.1 Å². The lowest BCUT2D eigenvalue weighted by atomic mass is 10.3. The van der Waals surface area contributed by atoms with Gasteiger partial charge in [-0.25, -0.2) is 4.98 Å². The molecule has 0 unspecified atom stereocenters. The van der Waals surface area contributed by atoms with E-state index in [1.165, 1.54) is 12.1 Å². The Hall–Kier alpha value is -1.60. The van der Waals surface area contributed by atoms with Crippen LogP contribution in [0.3, 0.4) is 0 Å². The highest BCUT2D eigenvalue weighted by atomic mass is 32.2. The van der Waals surface area contributed by atoms with E-state index in [2.05, 4.69) is 10.3 Å². The standard InChI is InChI=1S/C11H11N3O3S/c15-14(16)7-1-2-10-9(5-7)13-11(17-10)18-8-3-4-12-6-8/h1-2,5,8,12H,3-4,6H2/t8-/m1/s1. The minimum atomic E-state index is -0.429. The molecular weight excluding hydrogens is 254 g/mol. The van der Waals surface area contributed by atoms with E-state index in [4.69, 9.17) is 4.42 Å². The molecule has 0 saturated carbocycles. The lowest BCUT2D eigenvalue weighted by Crippen LogP contribution is -2.09. The number of nitrogens with zero attached hydrogens (tertiary/aromatic N) is 2. The number of nitro groups is 1. The topological polar surface area (TPSA) is 81.2 Å². The third-order valence-electron chi connectivity index (χ3n) is 2.84. The third kappa shape index (κ3) is 2.19. The van der Waals surface area contributed by atoms with E-state index in [0.29, 0.717) is 21.6 Å². The number of hydrogen-bond donors (Lipinski definition) is 1. The van der Waals surface area contributed by atoms with Crippen molar-refractivity contribution in [1.82, 2.24) is 10.3 Å². The Morgan fingerprint density at radius 2 is 2.44 bits per heavy atom. The fourth-order valence-electron chi connectivity index (χ4n) is 1.93. The molecule has 1 fully saturated rings. The lowest BCUT2D eigenvalue weighted by Gasteiger charge is -2.01. The van der Waals surface area contributed by atoms with Gasteiger partial charge in [-0.05, 0) is 19.0 Å². The molecule has 1 atom stereocenters. The maximum absolute atomic E-state index is 10.7. The van der Waals surface area contributed by atoms with Crippen molar-refractivity contribution >= 4 is 28.5 Å². The van der Waals surface area contributed by atoms with Gasteiger partial charge in [0.1, 0.15) is 5.52 Å². The number of benzene rings is 1. The fourth-order valence-corrected chi connectivity index (χ4v) is 2.94. The van der Waals surface area contributed by atoms with Crippen molar-refractivity contribution in [2.24, 2.45) is 0 Å². The zero-order valence-electron chi connectivity index (χ0n) is 9.46. The molecule has 0 spiro atoms. The average molecular weight is 265 g/mol. The van der Waals surface area contributed by atoms with Crippen molar-refractivity contribution < 1.29 is 9.34 Å².